The lowest BCUT2D eigenvalue weighted by atomic mass is 10.1. The number of rotatable bonds is 3. The second-order valence-electron chi connectivity index (χ2n) is 5.80. The molecule has 1 aromatic carbocycles. The molecule has 4 rings (SSSR count). The van der Waals surface area contributed by atoms with Gasteiger partial charge in [0, 0.05) is 37.4 Å². The molecule has 0 bridgehead atoms. The standard InChI is InChI=1S/C18H18N2O2S/c21-18(16-5-3-11-22-16)20-9-7-19(8-10-20)12-14-13-23-17-6-2-1-4-15(14)17/h1-6,11,13H,7-10,12H2. The molecule has 3 heterocycles. The van der Waals surface area contributed by atoms with Gasteiger partial charge in [0.05, 0.1) is 6.26 Å². The van der Waals surface area contributed by atoms with Crippen LogP contribution in [-0.4, -0.2) is 41.9 Å². The van der Waals surface area contributed by atoms with Gasteiger partial charge in [-0.25, -0.2) is 0 Å². The highest BCUT2D eigenvalue weighted by Gasteiger charge is 2.24. The lowest BCUT2D eigenvalue weighted by Crippen LogP contribution is -2.48. The summed E-state index contributed by atoms with van der Waals surface area (Å²) in [5, 5.41) is 3.61. The Balaban J connectivity index is 1.39. The van der Waals surface area contributed by atoms with Gasteiger partial charge in [-0.05, 0) is 34.5 Å². The third kappa shape index (κ3) is 2.90. The summed E-state index contributed by atoms with van der Waals surface area (Å²) >= 11 is 1.80. The second kappa shape index (κ2) is 6.18. The van der Waals surface area contributed by atoms with E-state index in [-0.39, 0.29) is 5.91 Å². The Bertz CT molecular complexity index is 801. The van der Waals surface area contributed by atoms with Crippen LogP contribution in [0.15, 0.2) is 52.5 Å². The molecule has 1 amide bonds. The normalized spacial score (nSPS) is 16.1. The van der Waals surface area contributed by atoms with Crippen LogP contribution in [0.1, 0.15) is 16.1 Å². The second-order valence-corrected chi connectivity index (χ2v) is 6.71. The summed E-state index contributed by atoms with van der Waals surface area (Å²) in [7, 11) is 0. The lowest BCUT2D eigenvalue weighted by molar-refractivity contribution is 0.0598. The van der Waals surface area contributed by atoms with Gasteiger partial charge >= 0.3 is 0 Å². The predicted molar refractivity (Wildman–Crippen MR) is 91.7 cm³/mol. The van der Waals surface area contributed by atoms with Crippen molar-refractivity contribution in [2.24, 2.45) is 0 Å². The molecule has 0 aliphatic carbocycles. The number of hydrogen-bond donors (Lipinski definition) is 0. The van der Waals surface area contributed by atoms with E-state index in [2.05, 4.69) is 34.5 Å². The van der Waals surface area contributed by atoms with E-state index in [1.165, 1.54) is 15.6 Å². The van der Waals surface area contributed by atoms with E-state index >= 15 is 0 Å². The van der Waals surface area contributed by atoms with Crippen LogP contribution in [0, 0.1) is 0 Å². The Kier molecular flexibility index (Phi) is 3.89. The molecule has 0 radical (unpaired) electrons. The Morgan fingerprint density at radius 1 is 1.09 bits per heavy atom. The molecule has 0 unspecified atom stereocenters. The van der Waals surface area contributed by atoms with Crippen molar-refractivity contribution in [3.8, 4) is 0 Å². The van der Waals surface area contributed by atoms with Gasteiger partial charge in [-0.1, -0.05) is 18.2 Å². The third-order valence-corrected chi connectivity index (χ3v) is 5.36. The number of fused-ring (bicyclic) bond motifs is 1. The van der Waals surface area contributed by atoms with Crippen LogP contribution in [0.2, 0.25) is 0 Å². The summed E-state index contributed by atoms with van der Waals surface area (Å²) in [5.74, 6) is 0.429. The van der Waals surface area contributed by atoms with Crippen LogP contribution in [-0.2, 0) is 6.54 Å². The van der Waals surface area contributed by atoms with Gasteiger partial charge in [0.15, 0.2) is 5.76 Å². The number of amides is 1. The molecule has 0 saturated carbocycles. The van der Waals surface area contributed by atoms with Crippen molar-refractivity contribution in [1.29, 1.82) is 0 Å². The summed E-state index contributed by atoms with van der Waals surface area (Å²) < 4.78 is 6.55. The van der Waals surface area contributed by atoms with Gasteiger partial charge in [-0.2, -0.15) is 0 Å². The zero-order valence-corrected chi connectivity index (χ0v) is 13.6. The first kappa shape index (κ1) is 14.5. The molecule has 0 atom stereocenters. The number of thiophene rings is 1. The van der Waals surface area contributed by atoms with Gasteiger partial charge in [0.25, 0.3) is 5.91 Å². The third-order valence-electron chi connectivity index (χ3n) is 4.35. The smallest absolute Gasteiger partial charge is 0.289 e. The maximum atomic E-state index is 12.3. The van der Waals surface area contributed by atoms with E-state index < -0.39 is 0 Å². The number of benzene rings is 1. The van der Waals surface area contributed by atoms with Gasteiger partial charge in [-0.15, -0.1) is 11.3 Å². The van der Waals surface area contributed by atoms with E-state index in [1.54, 1.807) is 29.7 Å². The first-order valence-corrected chi connectivity index (χ1v) is 8.69. The highest BCUT2D eigenvalue weighted by molar-refractivity contribution is 7.17. The van der Waals surface area contributed by atoms with Crippen LogP contribution in [0.5, 0.6) is 0 Å². The highest BCUT2D eigenvalue weighted by Crippen LogP contribution is 2.27. The molecule has 1 saturated heterocycles. The van der Waals surface area contributed by atoms with E-state index in [4.69, 9.17) is 4.42 Å². The maximum Gasteiger partial charge on any atom is 0.289 e. The average molecular weight is 326 g/mol. The predicted octanol–water partition coefficient (Wildman–Crippen LogP) is 3.45. The molecule has 5 heteroatoms. The first-order chi connectivity index (χ1) is 11.3. The van der Waals surface area contributed by atoms with Crippen LogP contribution in [0.3, 0.4) is 0 Å². The fourth-order valence-corrected chi connectivity index (χ4v) is 4.02. The van der Waals surface area contributed by atoms with Crippen molar-refractivity contribution in [1.82, 2.24) is 9.80 Å². The Morgan fingerprint density at radius 2 is 1.91 bits per heavy atom. The Hall–Kier alpha value is -2.11. The summed E-state index contributed by atoms with van der Waals surface area (Å²) in [6.45, 7) is 4.25. The molecule has 23 heavy (non-hydrogen) atoms. The largest absolute Gasteiger partial charge is 0.459 e. The minimum atomic E-state index is -0.00404. The summed E-state index contributed by atoms with van der Waals surface area (Å²) in [6.07, 6.45) is 1.55. The fourth-order valence-electron chi connectivity index (χ4n) is 3.06. The van der Waals surface area contributed by atoms with Crippen molar-refractivity contribution in [3.63, 3.8) is 0 Å². The average Bonchev–Trinajstić information content (AvgIpc) is 3.25. The SMILES string of the molecule is O=C(c1ccco1)N1CCN(Cc2csc3ccccc23)CC1. The number of piperazine rings is 1. The van der Waals surface area contributed by atoms with E-state index in [1.807, 2.05) is 4.90 Å². The summed E-state index contributed by atoms with van der Waals surface area (Å²) in [4.78, 5) is 16.6. The van der Waals surface area contributed by atoms with Crippen molar-refractivity contribution < 1.29 is 9.21 Å². The number of carbonyl (C=O) groups excluding carboxylic acids is 1. The summed E-state index contributed by atoms with van der Waals surface area (Å²) in [6, 6.07) is 12.0. The molecule has 118 valence electrons. The van der Waals surface area contributed by atoms with Gasteiger partial charge in [0.1, 0.15) is 0 Å². The van der Waals surface area contributed by atoms with E-state index in [0.717, 1.165) is 32.7 Å². The van der Waals surface area contributed by atoms with Crippen molar-refractivity contribution >= 4 is 27.3 Å². The quantitative estimate of drug-likeness (QED) is 0.740. The van der Waals surface area contributed by atoms with Gasteiger partial charge < -0.3 is 9.32 Å². The Morgan fingerprint density at radius 3 is 2.70 bits per heavy atom. The monoisotopic (exact) mass is 326 g/mol. The fraction of sp³-hybridized carbons (Fsp3) is 0.278. The molecule has 1 fully saturated rings. The van der Waals surface area contributed by atoms with Gasteiger partial charge in [0.2, 0.25) is 0 Å². The highest BCUT2D eigenvalue weighted by atomic mass is 32.1. The summed E-state index contributed by atoms with van der Waals surface area (Å²) in [5.41, 5.74) is 1.39. The Labute approximate surface area is 138 Å². The van der Waals surface area contributed by atoms with Crippen LogP contribution >= 0.6 is 11.3 Å². The molecule has 1 aliphatic heterocycles. The van der Waals surface area contributed by atoms with Gasteiger partial charge in [-0.3, -0.25) is 9.69 Å². The number of hydrogen-bond acceptors (Lipinski definition) is 4. The molecule has 2 aromatic heterocycles. The molecule has 1 aliphatic rings. The lowest BCUT2D eigenvalue weighted by Gasteiger charge is -2.34. The minimum Gasteiger partial charge on any atom is -0.459 e. The number of carbonyl (C=O) groups is 1. The van der Waals surface area contributed by atoms with Crippen LogP contribution in [0.4, 0.5) is 0 Å². The van der Waals surface area contributed by atoms with Crippen molar-refractivity contribution in [2.45, 2.75) is 6.54 Å². The number of nitrogens with zero attached hydrogens (tertiary/aromatic N) is 2. The zero-order chi connectivity index (χ0) is 15.6. The molecule has 3 aromatic rings. The first-order valence-electron chi connectivity index (χ1n) is 7.81. The van der Waals surface area contributed by atoms with Crippen LogP contribution < -0.4 is 0 Å². The topological polar surface area (TPSA) is 36.7 Å². The molecular weight excluding hydrogens is 308 g/mol. The molecule has 4 nitrogen and oxygen atoms in total. The van der Waals surface area contributed by atoms with Crippen LogP contribution in [0.25, 0.3) is 10.1 Å². The van der Waals surface area contributed by atoms with E-state index in [9.17, 15) is 4.79 Å². The minimum absolute atomic E-state index is 0.00404. The zero-order valence-electron chi connectivity index (χ0n) is 12.8. The maximum absolute atomic E-state index is 12.3. The molecule has 0 spiro atoms. The van der Waals surface area contributed by atoms with Crippen molar-refractivity contribution in [2.75, 3.05) is 26.2 Å². The number of furan rings is 1. The van der Waals surface area contributed by atoms with E-state index in [0.29, 0.717) is 5.76 Å². The molecule has 0 N–H and O–H groups in total. The molecular formula is C18H18N2O2S. The van der Waals surface area contributed by atoms with Crippen molar-refractivity contribution in [3.05, 3.63) is 59.4 Å².